The number of rotatable bonds is 4. The van der Waals surface area contributed by atoms with Crippen LogP contribution in [0.4, 0.5) is 0 Å². The first-order valence-electron chi connectivity index (χ1n) is 6.76. The van der Waals surface area contributed by atoms with Crippen molar-refractivity contribution >= 4 is 5.91 Å². The molecule has 0 radical (unpaired) electrons. The van der Waals surface area contributed by atoms with Crippen LogP contribution in [0.2, 0.25) is 0 Å². The molecule has 0 spiro atoms. The van der Waals surface area contributed by atoms with Crippen molar-refractivity contribution in [2.75, 3.05) is 19.6 Å². The number of fused-ring (bicyclic) bond motifs is 1. The molecule has 98 valence electrons. The van der Waals surface area contributed by atoms with E-state index >= 15 is 0 Å². The summed E-state index contributed by atoms with van der Waals surface area (Å²) in [5, 5.41) is 2.86. The first-order chi connectivity index (χ1) is 8.69. The van der Waals surface area contributed by atoms with E-state index in [1.54, 1.807) is 6.92 Å². The average molecular weight is 246 g/mol. The molecular formula is C15H22N2O. The van der Waals surface area contributed by atoms with E-state index in [2.05, 4.69) is 35.3 Å². The van der Waals surface area contributed by atoms with Gasteiger partial charge in [0.1, 0.15) is 0 Å². The Kier molecular flexibility index (Phi) is 4.37. The van der Waals surface area contributed by atoms with Crippen molar-refractivity contribution in [2.45, 2.75) is 33.2 Å². The third kappa shape index (κ3) is 3.33. The minimum atomic E-state index is 0.0562. The van der Waals surface area contributed by atoms with Gasteiger partial charge < -0.3 is 5.32 Å². The number of hydrogen-bond donors (Lipinski definition) is 1. The normalized spacial score (nSPS) is 15.2. The van der Waals surface area contributed by atoms with Gasteiger partial charge in [-0.3, -0.25) is 9.69 Å². The van der Waals surface area contributed by atoms with Crippen LogP contribution >= 0.6 is 0 Å². The van der Waals surface area contributed by atoms with E-state index in [0.29, 0.717) is 0 Å². The van der Waals surface area contributed by atoms with Crippen molar-refractivity contribution in [3.05, 3.63) is 34.9 Å². The maximum atomic E-state index is 10.8. The van der Waals surface area contributed by atoms with Gasteiger partial charge in [0.25, 0.3) is 0 Å². The van der Waals surface area contributed by atoms with Crippen LogP contribution in [0, 0.1) is 0 Å². The Morgan fingerprint density at radius 2 is 2.22 bits per heavy atom. The molecule has 0 saturated carbocycles. The van der Waals surface area contributed by atoms with Crippen LogP contribution < -0.4 is 5.32 Å². The highest BCUT2D eigenvalue weighted by Gasteiger charge is 2.15. The van der Waals surface area contributed by atoms with E-state index in [1.807, 2.05) is 0 Å². The van der Waals surface area contributed by atoms with E-state index in [-0.39, 0.29) is 5.91 Å². The summed E-state index contributed by atoms with van der Waals surface area (Å²) in [4.78, 5) is 13.3. The summed E-state index contributed by atoms with van der Waals surface area (Å²) in [6.45, 7) is 7.56. The van der Waals surface area contributed by atoms with Gasteiger partial charge >= 0.3 is 0 Å². The Morgan fingerprint density at radius 1 is 1.39 bits per heavy atom. The summed E-state index contributed by atoms with van der Waals surface area (Å²) < 4.78 is 0. The van der Waals surface area contributed by atoms with Crippen molar-refractivity contribution in [3.63, 3.8) is 0 Å². The zero-order chi connectivity index (χ0) is 13.0. The van der Waals surface area contributed by atoms with E-state index in [0.717, 1.165) is 39.0 Å². The molecule has 0 aliphatic carbocycles. The first-order valence-corrected chi connectivity index (χ1v) is 6.76. The van der Waals surface area contributed by atoms with Gasteiger partial charge in [-0.05, 0) is 29.5 Å². The summed E-state index contributed by atoms with van der Waals surface area (Å²) in [6.07, 6.45) is 2.22. The predicted molar refractivity (Wildman–Crippen MR) is 73.5 cm³/mol. The fourth-order valence-electron chi connectivity index (χ4n) is 2.47. The van der Waals surface area contributed by atoms with E-state index < -0.39 is 0 Å². The molecule has 0 bridgehead atoms. The quantitative estimate of drug-likeness (QED) is 0.877. The second-order valence-corrected chi connectivity index (χ2v) is 4.97. The number of carbonyl (C=O) groups excluding carboxylic acids is 1. The number of nitrogens with one attached hydrogen (secondary N) is 1. The van der Waals surface area contributed by atoms with Crippen LogP contribution in [0.25, 0.3) is 0 Å². The van der Waals surface area contributed by atoms with Crippen molar-refractivity contribution in [2.24, 2.45) is 0 Å². The largest absolute Gasteiger partial charge is 0.355 e. The molecule has 3 nitrogen and oxygen atoms in total. The smallest absolute Gasteiger partial charge is 0.216 e. The molecule has 0 saturated heterocycles. The molecule has 0 fully saturated rings. The molecule has 1 aliphatic heterocycles. The lowest BCUT2D eigenvalue weighted by Crippen LogP contribution is -2.37. The van der Waals surface area contributed by atoms with Gasteiger partial charge in [0.15, 0.2) is 0 Å². The van der Waals surface area contributed by atoms with E-state index in [1.165, 1.54) is 16.7 Å². The lowest BCUT2D eigenvalue weighted by atomic mass is 9.96. The van der Waals surface area contributed by atoms with Gasteiger partial charge in [-0.15, -0.1) is 0 Å². The molecule has 0 aromatic heterocycles. The lowest BCUT2D eigenvalue weighted by molar-refractivity contribution is -0.119. The summed E-state index contributed by atoms with van der Waals surface area (Å²) >= 11 is 0. The summed E-state index contributed by atoms with van der Waals surface area (Å²) in [7, 11) is 0. The molecule has 1 N–H and O–H groups in total. The molecule has 1 aromatic carbocycles. The molecule has 18 heavy (non-hydrogen) atoms. The van der Waals surface area contributed by atoms with Crippen LogP contribution in [0.15, 0.2) is 18.2 Å². The molecular weight excluding hydrogens is 224 g/mol. The lowest BCUT2D eigenvalue weighted by Gasteiger charge is -2.29. The van der Waals surface area contributed by atoms with Crippen molar-refractivity contribution in [1.29, 1.82) is 0 Å². The van der Waals surface area contributed by atoms with Gasteiger partial charge in [-0.2, -0.15) is 0 Å². The molecule has 0 atom stereocenters. The van der Waals surface area contributed by atoms with E-state index in [9.17, 15) is 4.79 Å². The fourth-order valence-corrected chi connectivity index (χ4v) is 2.47. The van der Waals surface area contributed by atoms with Gasteiger partial charge in [0, 0.05) is 33.1 Å². The van der Waals surface area contributed by atoms with Gasteiger partial charge in [0.05, 0.1) is 0 Å². The van der Waals surface area contributed by atoms with E-state index in [4.69, 9.17) is 0 Å². The second-order valence-electron chi connectivity index (χ2n) is 4.97. The average Bonchev–Trinajstić information content (AvgIpc) is 2.37. The number of nitrogens with zero attached hydrogens (tertiary/aromatic N) is 1. The molecule has 0 unspecified atom stereocenters. The van der Waals surface area contributed by atoms with Crippen LogP contribution in [-0.2, 0) is 24.2 Å². The fraction of sp³-hybridized carbons (Fsp3) is 0.533. The first kappa shape index (κ1) is 13.1. The third-order valence-electron chi connectivity index (χ3n) is 3.57. The minimum Gasteiger partial charge on any atom is -0.355 e. The monoisotopic (exact) mass is 246 g/mol. The maximum Gasteiger partial charge on any atom is 0.216 e. The number of amides is 1. The molecule has 1 heterocycles. The van der Waals surface area contributed by atoms with Gasteiger partial charge in [-0.25, -0.2) is 0 Å². The van der Waals surface area contributed by atoms with Crippen LogP contribution in [0.5, 0.6) is 0 Å². The second kappa shape index (κ2) is 6.01. The highest BCUT2D eigenvalue weighted by atomic mass is 16.1. The standard InChI is InChI=1S/C15H22N2O/c1-3-13-4-5-14-6-8-17(11-15(14)10-13)9-7-16-12(2)18/h4-5,10H,3,6-9,11H2,1-2H3,(H,16,18). The number of hydrogen-bond acceptors (Lipinski definition) is 2. The Labute approximate surface area is 109 Å². The van der Waals surface area contributed by atoms with Crippen molar-refractivity contribution in [1.82, 2.24) is 10.2 Å². The maximum absolute atomic E-state index is 10.8. The van der Waals surface area contributed by atoms with Gasteiger partial charge in [0.2, 0.25) is 5.91 Å². The van der Waals surface area contributed by atoms with Crippen molar-refractivity contribution < 1.29 is 4.79 Å². The predicted octanol–water partition coefficient (Wildman–Crippen LogP) is 1.74. The van der Waals surface area contributed by atoms with Crippen LogP contribution in [-0.4, -0.2) is 30.4 Å². The number of carbonyl (C=O) groups is 1. The zero-order valence-electron chi connectivity index (χ0n) is 11.3. The third-order valence-corrected chi connectivity index (χ3v) is 3.57. The van der Waals surface area contributed by atoms with Crippen LogP contribution in [0.3, 0.4) is 0 Å². The molecule has 1 aromatic rings. The molecule has 2 rings (SSSR count). The number of benzene rings is 1. The van der Waals surface area contributed by atoms with Gasteiger partial charge in [-0.1, -0.05) is 25.1 Å². The summed E-state index contributed by atoms with van der Waals surface area (Å²) in [5.41, 5.74) is 4.36. The van der Waals surface area contributed by atoms with Crippen LogP contribution in [0.1, 0.15) is 30.5 Å². The minimum absolute atomic E-state index is 0.0562. The SMILES string of the molecule is CCc1ccc2c(c1)CN(CCNC(C)=O)CC2. The molecule has 1 amide bonds. The Bertz CT molecular complexity index is 429. The summed E-state index contributed by atoms with van der Waals surface area (Å²) in [6, 6.07) is 6.85. The number of aryl methyl sites for hydroxylation is 1. The molecule has 1 aliphatic rings. The summed E-state index contributed by atoms with van der Waals surface area (Å²) in [5.74, 6) is 0.0562. The topological polar surface area (TPSA) is 32.3 Å². The molecule has 3 heteroatoms. The van der Waals surface area contributed by atoms with Crippen molar-refractivity contribution in [3.8, 4) is 0 Å². The Balaban J connectivity index is 1.93. The highest BCUT2D eigenvalue weighted by molar-refractivity contribution is 5.72. The highest BCUT2D eigenvalue weighted by Crippen LogP contribution is 2.20. The Morgan fingerprint density at radius 3 is 2.94 bits per heavy atom. The zero-order valence-corrected chi connectivity index (χ0v) is 11.3. The Hall–Kier alpha value is -1.35.